The Bertz CT molecular complexity index is 620. The van der Waals surface area contributed by atoms with E-state index >= 15 is 0 Å². The van der Waals surface area contributed by atoms with Gasteiger partial charge in [-0.25, -0.2) is 0 Å². The maximum Gasteiger partial charge on any atom is 0.139 e. The van der Waals surface area contributed by atoms with Crippen molar-refractivity contribution in [2.24, 2.45) is 0 Å². The lowest BCUT2D eigenvalue weighted by atomic mass is 10.2. The highest BCUT2D eigenvalue weighted by Gasteiger charge is 2.14. The van der Waals surface area contributed by atoms with E-state index in [1.165, 1.54) is 0 Å². The Balaban J connectivity index is 2.21. The van der Waals surface area contributed by atoms with Gasteiger partial charge in [-0.1, -0.05) is 23.7 Å². The number of aryl methyl sites for hydroxylation is 1. The van der Waals surface area contributed by atoms with Gasteiger partial charge in [0.1, 0.15) is 5.75 Å². The predicted molar refractivity (Wildman–Crippen MR) is 82.5 cm³/mol. The van der Waals surface area contributed by atoms with Crippen LogP contribution in [0.25, 0.3) is 0 Å². The van der Waals surface area contributed by atoms with E-state index in [-0.39, 0.29) is 5.75 Å². The standard InChI is InChI=1S/C15H20ClN3O/c1-9(2)19-11(4)14(10(3)18-19)17-8-12-6-5-7-13(16)15(12)20/h5-7,9,17,20H,8H2,1-4H3. The molecule has 0 atom stereocenters. The monoisotopic (exact) mass is 293 g/mol. The molecule has 0 amide bonds. The number of halogens is 1. The molecule has 1 aromatic heterocycles. The highest BCUT2D eigenvalue weighted by molar-refractivity contribution is 6.32. The molecule has 2 rings (SSSR count). The van der Waals surface area contributed by atoms with E-state index in [1.807, 2.05) is 30.7 Å². The van der Waals surface area contributed by atoms with Crippen molar-refractivity contribution in [3.8, 4) is 5.75 Å². The third-order valence-corrected chi connectivity index (χ3v) is 3.65. The Labute approximate surface area is 124 Å². The smallest absolute Gasteiger partial charge is 0.139 e. The number of hydrogen-bond acceptors (Lipinski definition) is 3. The number of para-hydroxylation sites is 1. The van der Waals surface area contributed by atoms with Crippen LogP contribution < -0.4 is 5.32 Å². The van der Waals surface area contributed by atoms with Crippen molar-refractivity contribution in [3.05, 3.63) is 40.2 Å². The van der Waals surface area contributed by atoms with Crippen molar-refractivity contribution in [1.29, 1.82) is 0 Å². The van der Waals surface area contributed by atoms with E-state index in [2.05, 4.69) is 24.3 Å². The largest absolute Gasteiger partial charge is 0.506 e. The van der Waals surface area contributed by atoms with Gasteiger partial charge in [0.25, 0.3) is 0 Å². The summed E-state index contributed by atoms with van der Waals surface area (Å²) in [6.45, 7) is 8.74. The molecule has 0 aliphatic rings. The van der Waals surface area contributed by atoms with Gasteiger partial charge in [0.2, 0.25) is 0 Å². The summed E-state index contributed by atoms with van der Waals surface area (Å²) in [5, 5.41) is 18.2. The minimum absolute atomic E-state index is 0.133. The summed E-state index contributed by atoms with van der Waals surface area (Å²) in [6.07, 6.45) is 0. The molecular formula is C15H20ClN3O. The number of phenols is 1. The number of rotatable bonds is 4. The van der Waals surface area contributed by atoms with E-state index in [0.717, 1.165) is 22.6 Å². The van der Waals surface area contributed by atoms with Gasteiger partial charge in [-0.15, -0.1) is 0 Å². The Morgan fingerprint density at radius 3 is 2.65 bits per heavy atom. The van der Waals surface area contributed by atoms with E-state index in [9.17, 15) is 5.11 Å². The van der Waals surface area contributed by atoms with E-state index < -0.39 is 0 Å². The first-order chi connectivity index (χ1) is 9.41. The van der Waals surface area contributed by atoms with Gasteiger partial charge >= 0.3 is 0 Å². The fourth-order valence-corrected chi connectivity index (χ4v) is 2.50. The van der Waals surface area contributed by atoms with Crippen LogP contribution in [0.5, 0.6) is 5.75 Å². The molecule has 2 aromatic rings. The molecule has 0 spiro atoms. The molecule has 0 fully saturated rings. The molecule has 0 aliphatic heterocycles. The van der Waals surface area contributed by atoms with E-state index in [4.69, 9.17) is 11.6 Å². The molecule has 0 saturated heterocycles. The molecular weight excluding hydrogens is 274 g/mol. The van der Waals surface area contributed by atoms with Crippen molar-refractivity contribution < 1.29 is 5.11 Å². The summed E-state index contributed by atoms with van der Waals surface area (Å²) < 4.78 is 2.00. The average molecular weight is 294 g/mol. The fourth-order valence-electron chi connectivity index (χ4n) is 2.31. The second-order valence-corrected chi connectivity index (χ2v) is 5.59. The van der Waals surface area contributed by atoms with Gasteiger partial charge in [0, 0.05) is 18.2 Å². The molecule has 1 aromatic carbocycles. The maximum atomic E-state index is 9.91. The van der Waals surface area contributed by atoms with Crippen LogP contribution >= 0.6 is 11.6 Å². The van der Waals surface area contributed by atoms with E-state index in [0.29, 0.717) is 17.6 Å². The lowest BCUT2D eigenvalue weighted by Gasteiger charge is -2.11. The summed E-state index contributed by atoms with van der Waals surface area (Å²) in [5.74, 6) is 0.133. The Hall–Kier alpha value is -1.68. The van der Waals surface area contributed by atoms with Crippen LogP contribution in [0.2, 0.25) is 5.02 Å². The molecule has 0 saturated carbocycles. The highest BCUT2D eigenvalue weighted by Crippen LogP contribution is 2.29. The van der Waals surface area contributed by atoms with Gasteiger partial charge in [-0.2, -0.15) is 5.10 Å². The summed E-state index contributed by atoms with van der Waals surface area (Å²) in [5.41, 5.74) is 3.84. The molecule has 1 heterocycles. The molecule has 108 valence electrons. The van der Waals surface area contributed by atoms with Gasteiger partial charge < -0.3 is 10.4 Å². The second kappa shape index (κ2) is 5.75. The molecule has 2 N–H and O–H groups in total. The van der Waals surface area contributed by atoms with Crippen LogP contribution in [-0.2, 0) is 6.54 Å². The third kappa shape index (κ3) is 2.75. The lowest BCUT2D eigenvalue weighted by Crippen LogP contribution is -2.06. The zero-order valence-electron chi connectivity index (χ0n) is 12.2. The zero-order valence-corrected chi connectivity index (χ0v) is 13.0. The van der Waals surface area contributed by atoms with Crippen LogP contribution in [0, 0.1) is 13.8 Å². The molecule has 20 heavy (non-hydrogen) atoms. The number of benzene rings is 1. The normalized spacial score (nSPS) is 11.1. The van der Waals surface area contributed by atoms with Gasteiger partial charge in [0.15, 0.2) is 0 Å². The molecule has 0 unspecified atom stereocenters. The number of nitrogens with zero attached hydrogens (tertiary/aromatic N) is 2. The van der Waals surface area contributed by atoms with Crippen LogP contribution in [0.3, 0.4) is 0 Å². The minimum atomic E-state index is 0.133. The zero-order chi connectivity index (χ0) is 14.9. The van der Waals surface area contributed by atoms with Gasteiger partial charge in [-0.05, 0) is 33.8 Å². The van der Waals surface area contributed by atoms with Crippen LogP contribution in [0.15, 0.2) is 18.2 Å². The van der Waals surface area contributed by atoms with Crippen molar-refractivity contribution in [2.75, 3.05) is 5.32 Å². The number of aromatic nitrogens is 2. The Morgan fingerprint density at radius 1 is 1.35 bits per heavy atom. The van der Waals surface area contributed by atoms with Crippen LogP contribution in [-0.4, -0.2) is 14.9 Å². The molecule has 5 heteroatoms. The second-order valence-electron chi connectivity index (χ2n) is 5.19. The minimum Gasteiger partial charge on any atom is -0.506 e. The number of phenolic OH excluding ortho intramolecular Hbond substituents is 1. The number of nitrogens with one attached hydrogen (secondary N) is 1. The molecule has 4 nitrogen and oxygen atoms in total. The predicted octanol–water partition coefficient (Wildman–Crippen LogP) is 4.05. The van der Waals surface area contributed by atoms with Crippen molar-refractivity contribution >= 4 is 17.3 Å². The Kier molecular flexibility index (Phi) is 4.23. The molecule has 0 bridgehead atoms. The number of hydrogen-bond donors (Lipinski definition) is 2. The maximum absolute atomic E-state index is 9.91. The first-order valence-electron chi connectivity index (χ1n) is 6.67. The summed E-state index contributed by atoms with van der Waals surface area (Å²) in [4.78, 5) is 0. The topological polar surface area (TPSA) is 50.1 Å². The van der Waals surface area contributed by atoms with Crippen molar-refractivity contribution in [1.82, 2.24) is 9.78 Å². The first-order valence-corrected chi connectivity index (χ1v) is 7.05. The molecule has 0 aliphatic carbocycles. The first kappa shape index (κ1) is 14.7. The average Bonchev–Trinajstić information content (AvgIpc) is 2.67. The summed E-state index contributed by atoms with van der Waals surface area (Å²) in [7, 11) is 0. The SMILES string of the molecule is Cc1nn(C(C)C)c(C)c1NCc1cccc(Cl)c1O. The Morgan fingerprint density at radius 2 is 2.05 bits per heavy atom. The third-order valence-electron chi connectivity index (χ3n) is 3.34. The summed E-state index contributed by atoms with van der Waals surface area (Å²) in [6, 6.07) is 5.68. The fraction of sp³-hybridized carbons (Fsp3) is 0.400. The van der Waals surface area contributed by atoms with Crippen LogP contribution in [0.1, 0.15) is 36.8 Å². The number of anilines is 1. The summed E-state index contributed by atoms with van der Waals surface area (Å²) >= 11 is 5.91. The quantitative estimate of drug-likeness (QED) is 0.894. The van der Waals surface area contributed by atoms with Gasteiger partial charge in [-0.3, -0.25) is 4.68 Å². The molecule has 0 radical (unpaired) electrons. The number of aromatic hydroxyl groups is 1. The van der Waals surface area contributed by atoms with Crippen molar-refractivity contribution in [2.45, 2.75) is 40.3 Å². The lowest BCUT2D eigenvalue weighted by molar-refractivity contribution is 0.469. The van der Waals surface area contributed by atoms with Crippen LogP contribution in [0.4, 0.5) is 5.69 Å². The van der Waals surface area contributed by atoms with E-state index in [1.54, 1.807) is 6.07 Å². The van der Waals surface area contributed by atoms with Gasteiger partial charge in [0.05, 0.1) is 22.1 Å². The van der Waals surface area contributed by atoms with Crippen molar-refractivity contribution in [3.63, 3.8) is 0 Å². The highest BCUT2D eigenvalue weighted by atomic mass is 35.5.